The normalized spacial score (nSPS) is 17.6. The van der Waals surface area contributed by atoms with Crippen molar-refractivity contribution in [3.8, 4) is 5.75 Å². The molecule has 11 heteroatoms. The van der Waals surface area contributed by atoms with E-state index >= 15 is 0 Å². The Morgan fingerprint density at radius 1 is 0.805 bits per heavy atom. The Hall–Kier alpha value is -5.45. The summed E-state index contributed by atoms with van der Waals surface area (Å²) in [5.41, 5.74) is 0.204. The number of nitro groups is 1. The average molecular weight is 554 g/mol. The number of hydrogen-bond donors (Lipinski definition) is 0. The highest BCUT2D eigenvalue weighted by Gasteiger charge is 2.51. The van der Waals surface area contributed by atoms with E-state index in [1.54, 1.807) is 42.5 Å². The zero-order valence-electron chi connectivity index (χ0n) is 21.5. The first-order valence-corrected chi connectivity index (χ1v) is 12.7. The van der Waals surface area contributed by atoms with Crippen molar-refractivity contribution >= 4 is 35.2 Å². The summed E-state index contributed by atoms with van der Waals surface area (Å²) < 4.78 is 5.34. The van der Waals surface area contributed by atoms with Gasteiger partial charge in [-0.1, -0.05) is 30.4 Å². The van der Waals surface area contributed by atoms with Crippen LogP contribution in [-0.2, 0) is 9.59 Å². The SMILES string of the molecule is O=C(CN(C(=O)c1ccc([N+](=O)[O-])cc1)N1C(=O)[C@H]2CC=CC[C@@H]2C1=O)c1ccc(OC(=O)c2ccccc2)cc1. The predicted octanol–water partition coefficient (Wildman–Crippen LogP) is 4.01. The van der Waals surface area contributed by atoms with E-state index in [-0.39, 0.29) is 22.6 Å². The Balaban J connectivity index is 1.38. The van der Waals surface area contributed by atoms with Crippen molar-refractivity contribution in [1.29, 1.82) is 0 Å². The number of imide groups is 1. The van der Waals surface area contributed by atoms with Crippen LogP contribution in [0, 0.1) is 22.0 Å². The number of hydrazine groups is 1. The maximum absolute atomic E-state index is 13.6. The van der Waals surface area contributed by atoms with Crippen molar-refractivity contribution in [1.82, 2.24) is 10.0 Å². The number of carbonyl (C=O) groups is 5. The fraction of sp³-hybridized carbons (Fsp3) is 0.167. The van der Waals surface area contributed by atoms with Gasteiger partial charge in [-0.15, -0.1) is 0 Å². The Kier molecular flexibility index (Phi) is 7.51. The molecule has 41 heavy (non-hydrogen) atoms. The number of hydrogen-bond acceptors (Lipinski definition) is 8. The quantitative estimate of drug-likeness (QED) is 0.0774. The van der Waals surface area contributed by atoms with Gasteiger partial charge in [-0.25, -0.2) is 9.80 Å². The fourth-order valence-corrected chi connectivity index (χ4v) is 4.81. The molecule has 0 aromatic heterocycles. The van der Waals surface area contributed by atoms with E-state index in [0.717, 1.165) is 22.2 Å². The van der Waals surface area contributed by atoms with Crippen molar-refractivity contribution in [2.75, 3.05) is 6.54 Å². The Labute approximate surface area is 233 Å². The average Bonchev–Trinajstić information content (AvgIpc) is 3.25. The van der Waals surface area contributed by atoms with Gasteiger partial charge in [0.1, 0.15) is 12.3 Å². The van der Waals surface area contributed by atoms with Gasteiger partial charge in [-0.05, 0) is 61.4 Å². The highest BCUT2D eigenvalue weighted by Crippen LogP contribution is 2.36. The topological polar surface area (TPSA) is 144 Å². The maximum Gasteiger partial charge on any atom is 0.343 e. The third kappa shape index (κ3) is 5.50. The smallest absolute Gasteiger partial charge is 0.343 e. The van der Waals surface area contributed by atoms with E-state index in [0.29, 0.717) is 18.4 Å². The summed E-state index contributed by atoms with van der Waals surface area (Å²) >= 11 is 0. The molecule has 0 unspecified atom stereocenters. The molecule has 3 aromatic carbocycles. The second kappa shape index (κ2) is 11.3. The van der Waals surface area contributed by atoms with Crippen LogP contribution in [0.25, 0.3) is 0 Å². The molecule has 1 fully saturated rings. The first-order chi connectivity index (χ1) is 19.7. The van der Waals surface area contributed by atoms with Gasteiger partial charge in [0.15, 0.2) is 5.78 Å². The molecule has 1 aliphatic carbocycles. The summed E-state index contributed by atoms with van der Waals surface area (Å²) in [5.74, 6) is -4.28. The molecule has 2 aliphatic rings. The van der Waals surface area contributed by atoms with Crippen molar-refractivity contribution in [3.05, 3.63) is 118 Å². The van der Waals surface area contributed by atoms with E-state index in [9.17, 15) is 34.1 Å². The van der Waals surface area contributed by atoms with Gasteiger partial charge in [0.05, 0.1) is 22.3 Å². The van der Waals surface area contributed by atoms with E-state index in [1.807, 2.05) is 0 Å². The van der Waals surface area contributed by atoms with Crippen molar-refractivity contribution < 1.29 is 33.6 Å². The molecule has 0 bridgehead atoms. The highest BCUT2D eigenvalue weighted by molar-refractivity contribution is 6.09. The van der Waals surface area contributed by atoms with Gasteiger partial charge in [-0.3, -0.25) is 29.3 Å². The van der Waals surface area contributed by atoms with E-state index in [2.05, 4.69) is 0 Å². The van der Waals surface area contributed by atoms with Crippen molar-refractivity contribution in [2.24, 2.45) is 11.8 Å². The molecule has 0 saturated carbocycles. The number of allylic oxidation sites excluding steroid dienone is 2. The molecule has 1 aliphatic heterocycles. The lowest BCUT2D eigenvalue weighted by Gasteiger charge is -2.30. The van der Waals surface area contributed by atoms with Crippen LogP contribution in [0.1, 0.15) is 43.9 Å². The molecular formula is C30H23N3O8. The van der Waals surface area contributed by atoms with Crippen LogP contribution in [0.15, 0.2) is 91.0 Å². The number of nitrogens with zero attached hydrogens (tertiary/aromatic N) is 3. The molecule has 1 saturated heterocycles. The molecule has 11 nitrogen and oxygen atoms in total. The van der Waals surface area contributed by atoms with Crippen LogP contribution >= 0.6 is 0 Å². The molecule has 0 radical (unpaired) electrons. The van der Waals surface area contributed by atoms with Gasteiger partial charge < -0.3 is 4.74 Å². The number of Topliss-reactive ketones (excluding diaryl/α,β-unsaturated/α-hetero) is 1. The number of esters is 1. The van der Waals surface area contributed by atoms with Gasteiger partial charge in [-0.2, -0.15) is 5.01 Å². The highest BCUT2D eigenvalue weighted by atomic mass is 16.6. The molecule has 206 valence electrons. The lowest BCUT2D eigenvalue weighted by Crippen LogP contribution is -2.52. The Morgan fingerprint density at radius 2 is 1.37 bits per heavy atom. The van der Waals surface area contributed by atoms with Crippen LogP contribution in [0.5, 0.6) is 5.75 Å². The third-order valence-corrected chi connectivity index (χ3v) is 6.97. The number of ether oxygens (including phenoxy) is 1. The number of non-ortho nitro benzene ring substituents is 1. The lowest BCUT2D eigenvalue weighted by atomic mass is 9.85. The fourth-order valence-electron chi connectivity index (χ4n) is 4.81. The standard InChI is InChI=1S/C30H23N3O8/c34-26(19-12-16-23(17-13-19)41-30(38)21-6-2-1-3-7-21)18-31(27(35)20-10-14-22(15-11-20)33(39)40)32-28(36)24-8-4-5-9-25(24)29(32)37/h1-7,10-17,24-25H,8-9,18H2/t24-,25-/m0/s1. The Morgan fingerprint density at radius 3 is 1.93 bits per heavy atom. The molecule has 5 rings (SSSR count). The first kappa shape index (κ1) is 27.1. The van der Waals surface area contributed by atoms with Crippen molar-refractivity contribution in [2.45, 2.75) is 12.8 Å². The molecule has 3 amide bonds. The van der Waals surface area contributed by atoms with Gasteiger partial charge >= 0.3 is 5.97 Å². The Bertz CT molecular complexity index is 1540. The van der Waals surface area contributed by atoms with Gasteiger partial charge in [0.25, 0.3) is 23.4 Å². The van der Waals surface area contributed by atoms with Crippen LogP contribution in [-0.4, -0.2) is 51.0 Å². The number of amides is 3. The minimum atomic E-state index is -0.838. The summed E-state index contributed by atoms with van der Waals surface area (Å²) in [5, 5.41) is 12.6. The van der Waals surface area contributed by atoms with Crippen LogP contribution < -0.4 is 4.74 Å². The minimum Gasteiger partial charge on any atom is -0.423 e. The summed E-state index contributed by atoms with van der Waals surface area (Å²) in [6.07, 6.45) is 4.27. The monoisotopic (exact) mass is 553 g/mol. The van der Waals surface area contributed by atoms with Crippen molar-refractivity contribution in [3.63, 3.8) is 0 Å². The number of ketones is 1. The molecule has 0 spiro atoms. The summed E-state index contributed by atoms with van der Waals surface area (Å²) in [7, 11) is 0. The van der Waals surface area contributed by atoms with Crippen LogP contribution in [0.4, 0.5) is 5.69 Å². The second-order valence-corrected chi connectivity index (χ2v) is 9.51. The maximum atomic E-state index is 13.6. The molecule has 0 N–H and O–H groups in total. The van der Waals surface area contributed by atoms with E-state index in [1.165, 1.54) is 36.4 Å². The zero-order valence-corrected chi connectivity index (χ0v) is 21.5. The molecule has 2 atom stereocenters. The second-order valence-electron chi connectivity index (χ2n) is 9.51. The summed E-state index contributed by atoms with van der Waals surface area (Å²) in [6, 6.07) is 18.7. The third-order valence-electron chi connectivity index (χ3n) is 6.97. The summed E-state index contributed by atoms with van der Waals surface area (Å²) in [6.45, 7) is -0.649. The number of fused-ring (bicyclic) bond motifs is 1. The van der Waals surface area contributed by atoms with Crippen LogP contribution in [0.2, 0.25) is 0 Å². The number of nitro benzene ring substituents is 1. The molecule has 3 aromatic rings. The largest absolute Gasteiger partial charge is 0.423 e. The number of carbonyl (C=O) groups excluding carboxylic acids is 5. The molecule has 1 heterocycles. The number of benzene rings is 3. The zero-order chi connectivity index (χ0) is 29.1. The van der Waals surface area contributed by atoms with E-state index in [4.69, 9.17) is 4.74 Å². The van der Waals surface area contributed by atoms with Crippen LogP contribution in [0.3, 0.4) is 0 Å². The van der Waals surface area contributed by atoms with Gasteiger partial charge in [0, 0.05) is 23.3 Å². The van der Waals surface area contributed by atoms with E-state index < -0.39 is 52.8 Å². The lowest BCUT2D eigenvalue weighted by molar-refractivity contribution is -0.384. The summed E-state index contributed by atoms with van der Waals surface area (Å²) in [4.78, 5) is 76.2. The first-order valence-electron chi connectivity index (χ1n) is 12.7. The minimum absolute atomic E-state index is 0.0415. The number of rotatable bonds is 8. The molecular weight excluding hydrogens is 530 g/mol. The van der Waals surface area contributed by atoms with Gasteiger partial charge in [0.2, 0.25) is 0 Å². The predicted molar refractivity (Wildman–Crippen MR) is 144 cm³/mol.